The lowest BCUT2D eigenvalue weighted by Gasteiger charge is -2.32. The fourth-order valence-electron chi connectivity index (χ4n) is 3.08. The number of halogens is 4. The summed E-state index contributed by atoms with van der Waals surface area (Å²) in [5.74, 6) is 0.778. The van der Waals surface area contributed by atoms with Crippen LogP contribution in [0, 0.1) is 0 Å². The molecule has 0 aromatic heterocycles. The highest BCUT2D eigenvalue weighted by Crippen LogP contribution is 2.28. The van der Waals surface area contributed by atoms with Crippen molar-refractivity contribution in [2.45, 2.75) is 24.4 Å². The highest BCUT2D eigenvalue weighted by atomic mass is 127. The number of rotatable bonds is 5. The van der Waals surface area contributed by atoms with Crippen LogP contribution in [0.2, 0.25) is 0 Å². The van der Waals surface area contributed by atoms with E-state index >= 15 is 0 Å². The van der Waals surface area contributed by atoms with Crippen LogP contribution in [-0.4, -0.2) is 101 Å². The van der Waals surface area contributed by atoms with Crippen LogP contribution >= 0.6 is 24.0 Å². The lowest BCUT2D eigenvalue weighted by molar-refractivity contribution is -0.0494. The van der Waals surface area contributed by atoms with Gasteiger partial charge in [-0.3, -0.25) is 9.89 Å². The lowest BCUT2D eigenvalue weighted by Crippen LogP contribution is -2.52. The summed E-state index contributed by atoms with van der Waals surface area (Å²) >= 11 is 0. The van der Waals surface area contributed by atoms with Crippen molar-refractivity contribution >= 4 is 49.8 Å². The lowest BCUT2D eigenvalue weighted by atomic mass is 10.1. The summed E-state index contributed by atoms with van der Waals surface area (Å²) in [6.45, 7) is 1.72. The van der Waals surface area contributed by atoms with Gasteiger partial charge in [-0.25, -0.2) is 16.8 Å². The fourth-order valence-corrected chi connectivity index (χ4v) is 5.34. The average molecular weight is 577 g/mol. The summed E-state index contributed by atoms with van der Waals surface area (Å²) < 4.78 is 83.9. The maximum Gasteiger partial charge on any atom is 0.511 e. The molecule has 2 aliphatic rings. The Bertz CT molecular complexity index is 755. The number of aliphatic imine (C=N–C) groups is 1. The molecule has 172 valence electrons. The predicted molar refractivity (Wildman–Crippen MR) is 115 cm³/mol. The first-order chi connectivity index (χ1) is 12.9. The predicted octanol–water partition coefficient (Wildman–Crippen LogP) is -0.186. The van der Waals surface area contributed by atoms with Crippen molar-refractivity contribution in [3.63, 3.8) is 0 Å². The van der Waals surface area contributed by atoms with Gasteiger partial charge in [0.2, 0.25) is 0 Å². The standard InChI is InChI=1S/C14H26F3N5O4S2.HI/c1-18-13(19-4-7-21-8-10-27(23,24)11-9-21)20-12-2-5-22(6-3-12)28(25,26)14(15,16)17;/h12H,2-11H2,1H3,(H2,18,19,20);1H. The number of sulfonamides is 1. The molecule has 0 unspecified atom stereocenters. The number of piperidine rings is 1. The Balaban J connectivity index is 0.00000420. The van der Waals surface area contributed by atoms with Crippen molar-refractivity contribution in [2.24, 2.45) is 4.99 Å². The summed E-state index contributed by atoms with van der Waals surface area (Å²) in [4.78, 5) is 6.09. The Kier molecular flexibility index (Phi) is 9.89. The quantitative estimate of drug-likeness (QED) is 0.265. The first-order valence-corrected chi connectivity index (χ1v) is 12.2. The third kappa shape index (κ3) is 7.66. The van der Waals surface area contributed by atoms with Crippen molar-refractivity contribution in [1.29, 1.82) is 0 Å². The molecular formula is C14H27F3IN5O4S2. The van der Waals surface area contributed by atoms with Crippen LogP contribution in [0.1, 0.15) is 12.8 Å². The molecule has 2 aliphatic heterocycles. The maximum atomic E-state index is 12.6. The molecule has 2 heterocycles. The van der Waals surface area contributed by atoms with Gasteiger partial charge in [-0.15, -0.1) is 24.0 Å². The van der Waals surface area contributed by atoms with E-state index in [1.54, 1.807) is 7.05 Å². The summed E-state index contributed by atoms with van der Waals surface area (Å²) in [6, 6.07) is -0.189. The van der Waals surface area contributed by atoms with E-state index in [0.29, 0.717) is 36.4 Å². The third-order valence-corrected chi connectivity index (χ3v) is 8.05. The van der Waals surface area contributed by atoms with Crippen molar-refractivity contribution in [3.8, 4) is 0 Å². The summed E-state index contributed by atoms with van der Waals surface area (Å²) in [7, 11) is -6.64. The highest BCUT2D eigenvalue weighted by molar-refractivity contribution is 14.0. The minimum absolute atomic E-state index is 0. The average Bonchev–Trinajstić information content (AvgIpc) is 2.61. The Labute approximate surface area is 186 Å². The first-order valence-electron chi connectivity index (χ1n) is 8.91. The SMILES string of the molecule is CN=C(NCCN1CCS(=O)(=O)CC1)NC1CCN(S(=O)(=O)C(F)(F)F)CC1.I. The van der Waals surface area contributed by atoms with Gasteiger partial charge < -0.3 is 10.6 Å². The molecule has 15 heteroatoms. The van der Waals surface area contributed by atoms with E-state index in [-0.39, 0.29) is 67.5 Å². The van der Waals surface area contributed by atoms with E-state index < -0.39 is 25.4 Å². The zero-order valence-electron chi connectivity index (χ0n) is 16.0. The van der Waals surface area contributed by atoms with Gasteiger partial charge >= 0.3 is 15.5 Å². The molecule has 2 N–H and O–H groups in total. The van der Waals surface area contributed by atoms with Crippen molar-refractivity contribution in [2.75, 3.05) is 57.8 Å². The number of hydrogen-bond acceptors (Lipinski definition) is 6. The molecule has 9 nitrogen and oxygen atoms in total. The molecule has 0 bridgehead atoms. The van der Waals surface area contributed by atoms with E-state index in [1.807, 2.05) is 4.90 Å². The van der Waals surface area contributed by atoms with Crippen LogP contribution in [0.25, 0.3) is 0 Å². The number of nitrogens with one attached hydrogen (secondary N) is 2. The van der Waals surface area contributed by atoms with Gasteiger partial charge in [0.05, 0.1) is 11.5 Å². The zero-order chi connectivity index (χ0) is 21.0. The molecule has 2 fully saturated rings. The molecule has 29 heavy (non-hydrogen) atoms. The van der Waals surface area contributed by atoms with E-state index in [1.165, 1.54) is 0 Å². The molecule has 0 aromatic carbocycles. The maximum absolute atomic E-state index is 12.6. The van der Waals surface area contributed by atoms with E-state index in [0.717, 1.165) is 0 Å². The molecule has 0 aromatic rings. The summed E-state index contributed by atoms with van der Waals surface area (Å²) in [5, 5.41) is 6.18. The van der Waals surface area contributed by atoms with Crippen LogP contribution in [0.15, 0.2) is 4.99 Å². The van der Waals surface area contributed by atoms with E-state index in [4.69, 9.17) is 0 Å². The molecule has 0 amide bonds. The van der Waals surface area contributed by atoms with Crippen molar-refractivity contribution < 1.29 is 30.0 Å². The summed E-state index contributed by atoms with van der Waals surface area (Å²) in [5.41, 5.74) is -5.28. The minimum Gasteiger partial charge on any atom is -0.355 e. The third-order valence-electron chi connectivity index (χ3n) is 4.81. The Hall–Kier alpha value is -0.390. The van der Waals surface area contributed by atoms with Gasteiger partial charge in [-0.05, 0) is 12.8 Å². The number of nitrogens with zero attached hydrogens (tertiary/aromatic N) is 3. The normalized spacial score (nSPS) is 22.7. The topological polar surface area (TPSA) is 111 Å². The van der Waals surface area contributed by atoms with Crippen LogP contribution in [-0.2, 0) is 19.9 Å². The van der Waals surface area contributed by atoms with Gasteiger partial charge in [0.15, 0.2) is 15.8 Å². The molecular weight excluding hydrogens is 550 g/mol. The van der Waals surface area contributed by atoms with Crippen LogP contribution in [0.5, 0.6) is 0 Å². The Morgan fingerprint density at radius 1 is 1.14 bits per heavy atom. The van der Waals surface area contributed by atoms with Gasteiger partial charge in [-0.1, -0.05) is 0 Å². The number of guanidine groups is 1. The molecule has 0 saturated carbocycles. The van der Waals surface area contributed by atoms with Crippen molar-refractivity contribution in [1.82, 2.24) is 19.8 Å². The number of hydrogen-bond donors (Lipinski definition) is 2. The van der Waals surface area contributed by atoms with E-state index in [2.05, 4.69) is 15.6 Å². The van der Waals surface area contributed by atoms with Crippen LogP contribution in [0.4, 0.5) is 13.2 Å². The molecule has 0 aliphatic carbocycles. The monoisotopic (exact) mass is 577 g/mol. The smallest absolute Gasteiger partial charge is 0.355 e. The summed E-state index contributed by atoms with van der Waals surface area (Å²) in [6.07, 6.45) is 0.472. The molecule has 0 atom stereocenters. The molecule has 0 radical (unpaired) electrons. The van der Waals surface area contributed by atoms with Gasteiger partial charge in [-0.2, -0.15) is 17.5 Å². The van der Waals surface area contributed by atoms with Gasteiger partial charge in [0, 0.05) is 52.4 Å². The second-order valence-corrected chi connectivity index (χ2v) is 11.0. The highest BCUT2D eigenvalue weighted by Gasteiger charge is 2.50. The van der Waals surface area contributed by atoms with Gasteiger partial charge in [0.1, 0.15) is 0 Å². The Morgan fingerprint density at radius 2 is 1.69 bits per heavy atom. The van der Waals surface area contributed by atoms with E-state index in [9.17, 15) is 30.0 Å². The van der Waals surface area contributed by atoms with Crippen molar-refractivity contribution in [3.05, 3.63) is 0 Å². The van der Waals surface area contributed by atoms with Crippen LogP contribution < -0.4 is 10.6 Å². The first kappa shape index (κ1) is 26.6. The number of alkyl halides is 3. The second-order valence-electron chi connectivity index (χ2n) is 6.76. The largest absolute Gasteiger partial charge is 0.511 e. The van der Waals surface area contributed by atoms with Crippen LogP contribution in [0.3, 0.4) is 0 Å². The fraction of sp³-hybridized carbons (Fsp3) is 0.929. The second kappa shape index (κ2) is 10.8. The molecule has 2 saturated heterocycles. The molecule has 2 rings (SSSR count). The zero-order valence-corrected chi connectivity index (χ0v) is 19.9. The Morgan fingerprint density at radius 3 is 2.17 bits per heavy atom. The number of sulfone groups is 1. The molecule has 0 spiro atoms. The minimum atomic E-state index is -5.28. The van der Waals surface area contributed by atoms with Gasteiger partial charge in [0.25, 0.3) is 0 Å².